The van der Waals surface area contributed by atoms with Crippen molar-refractivity contribution in [3.05, 3.63) is 126 Å². The molecule has 0 bridgehead atoms. The molecule has 0 N–H and O–H groups in total. The zero-order valence-corrected chi connectivity index (χ0v) is 18.1. The number of ketones is 1. The summed E-state index contributed by atoms with van der Waals surface area (Å²) in [5.41, 5.74) is 4.06. The predicted octanol–water partition coefficient (Wildman–Crippen LogP) is 6.48. The van der Waals surface area contributed by atoms with E-state index in [0.29, 0.717) is 22.6 Å². The molecule has 4 rings (SSSR count). The highest BCUT2D eigenvalue weighted by molar-refractivity contribution is 6.07. The van der Waals surface area contributed by atoms with E-state index in [2.05, 4.69) is 0 Å². The van der Waals surface area contributed by atoms with Crippen LogP contribution < -0.4 is 9.47 Å². The molecule has 33 heavy (non-hydrogen) atoms. The molecular formula is C29H22O4. The Bertz CT molecular complexity index is 1250. The smallest absolute Gasteiger partial charge is 0.343 e. The van der Waals surface area contributed by atoms with Gasteiger partial charge in [0.1, 0.15) is 11.5 Å². The molecule has 0 heterocycles. The number of hydrogen-bond acceptors (Lipinski definition) is 4. The first-order valence-corrected chi connectivity index (χ1v) is 10.5. The van der Waals surface area contributed by atoms with E-state index < -0.39 is 5.97 Å². The Kier molecular flexibility index (Phi) is 6.76. The summed E-state index contributed by atoms with van der Waals surface area (Å²) < 4.78 is 10.5. The maximum Gasteiger partial charge on any atom is 0.343 e. The Morgan fingerprint density at radius 1 is 0.636 bits per heavy atom. The van der Waals surface area contributed by atoms with E-state index in [4.69, 9.17) is 9.47 Å². The highest BCUT2D eigenvalue weighted by Crippen LogP contribution is 2.20. The van der Waals surface area contributed by atoms with Gasteiger partial charge in [0.25, 0.3) is 0 Å². The zero-order chi connectivity index (χ0) is 23.0. The second-order valence-electron chi connectivity index (χ2n) is 7.33. The van der Waals surface area contributed by atoms with Gasteiger partial charge in [-0.15, -0.1) is 0 Å². The molecule has 4 aromatic carbocycles. The second kappa shape index (κ2) is 10.2. The molecule has 4 nitrogen and oxygen atoms in total. The lowest BCUT2D eigenvalue weighted by Crippen LogP contribution is -2.08. The topological polar surface area (TPSA) is 52.6 Å². The number of carbonyl (C=O) groups is 2. The van der Waals surface area contributed by atoms with Crippen LogP contribution in [0.4, 0.5) is 0 Å². The summed E-state index contributed by atoms with van der Waals surface area (Å²) in [5.74, 6) is 0.569. The molecule has 0 aliphatic carbocycles. The molecule has 0 fully saturated rings. The van der Waals surface area contributed by atoms with Gasteiger partial charge in [-0.1, -0.05) is 72.8 Å². The number of esters is 1. The van der Waals surface area contributed by atoms with Gasteiger partial charge in [-0.3, -0.25) is 4.79 Å². The van der Waals surface area contributed by atoms with Crippen molar-refractivity contribution in [2.75, 3.05) is 7.11 Å². The Balaban J connectivity index is 1.36. The standard InChI is InChI=1S/C29H22O4/c1-32-26-18-14-25(15-19-26)29(31)33-27-16-7-21(8-17-27)9-20-28(30)24-12-10-23(11-13-24)22-5-3-2-4-6-22/h2-20H,1H3. The minimum absolute atomic E-state index is 0.0791. The van der Waals surface area contributed by atoms with Crippen LogP contribution in [0.2, 0.25) is 0 Å². The summed E-state index contributed by atoms with van der Waals surface area (Å²) in [6, 6.07) is 31.3. The van der Waals surface area contributed by atoms with Crippen LogP contribution in [0, 0.1) is 0 Å². The largest absolute Gasteiger partial charge is 0.497 e. The summed E-state index contributed by atoms with van der Waals surface area (Å²) in [6.45, 7) is 0. The van der Waals surface area contributed by atoms with Crippen molar-refractivity contribution in [1.82, 2.24) is 0 Å². The van der Waals surface area contributed by atoms with E-state index in [1.807, 2.05) is 54.6 Å². The van der Waals surface area contributed by atoms with E-state index in [-0.39, 0.29) is 5.78 Å². The lowest BCUT2D eigenvalue weighted by atomic mass is 10.0. The SMILES string of the molecule is COc1ccc(C(=O)Oc2ccc(C=CC(=O)c3ccc(-c4ccccc4)cc3)cc2)cc1. The Hall–Kier alpha value is -4.44. The number of rotatable bonds is 7. The maximum absolute atomic E-state index is 12.5. The second-order valence-corrected chi connectivity index (χ2v) is 7.33. The van der Waals surface area contributed by atoms with E-state index >= 15 is 0 Å². The lowest BCUT2D eigenvalue weighted by molar-refractivity contribution is 0.0734. The monoisotopic (exact) mass is 434 g/mol. The van der Waals surface area contributed by atoms with Crippen molar-refractivity contribution in [3.8, 4) is 22.6 Å². The molecule has 0 spiro atoms. The van der Waals surface area contributed by atoms with Crippen molar-refractivity contribution in [1.29, 1.82) is 0 Å². The molecule has 4 heteroatoms. The molecule has 0 aliphatic heterocycles. The molecule has 0 saturated carbocycles. The van der Waals surface area contributed by atoms with Crippen molar-refractivity contribution in [3.63, 3.8) is 0 Å². The van der Waals surface area contributed by atoms with E-state index in [9.17, 15) is 9.59 Å². The van der Waals surface area contributed by atoms with Crippen molar-refractivity contribution in [2.45, 2.75) is 0 Å². The quantitative estimate of drug-likeness (QED) is 0.145. The first-order chi connectivity index (χ1) is 16.1. The zero-order valence-electron chi connectivity index (χ0n) is 18.1. The van der Waals surface area contributed by atoms with Gasteiger partial charge in [0.15, 0.2) is 5.78 Å². The molecule has 162 valence electrons. The Morgan fingerprint density at radius 2 is 1.21 bits per heavy atom. The fourth-order valence-electron chi connectivity index (χ4n) is 3.27. The molecule has 0 amide bonds. The van der Waals surface area contributed by atoms with Gasteiger partial charge >= 0.3 is 5.97 Å². The summed E-state index contributed by atoms with van der Waals surface area (Å²) in [7, 11) is 1.57. The Labute approximate surface area is 192 Å². The van der Waals surface area contributed by atoms with E-state index in [0.717, 1.165) is 16.7 Å². The number of ether oxygens (including phenoxy) is 2. The van der Waals surface area contributed by atoms with Gasteiger partial charge in [0.2, 0.25) is 0 Å². The Morgan fingerprint density at radius 3 is 1.85 bits per heavy atom. The first kappa shape index (κ1) is 21.8. The number of carbonyl (C=O) groups excluding carboxylic acids is 2. The summed E-state index contributed by atoms with van der Waals surface area (Å²) in [6.07, 6.45) is 3.28. The third-order valence-electron chi connectivity index (χ3n) is 5.12. The van der Waals surface area contributed by atoms with Crippen molar-refractivity contribution in [2.24, 2.45) is 0 Å². The summed E-state index contributed by atoms with van der Waals surface area (Å²) >= 11 is 0. The van der Waals surface area contributed by atoms with Gasteiger partial charge in [-0.05, 0) is 59.2 Å². The van der Waals surface area contributed by atoms with Gasteiger partial charge < -0.3 is 9.47 Å². The predicted molar refractivity (Wildman–Crippen MR) is 130 cm³/mol. The lowest BCUT2D eigenvalue weighted by Gasteiger charge is -2.05. The van der Waals surface area contributed by atoms with Gasteiger partial charge in [-0.25, -0.2) is 4.79 Å². The minimum atomic E-state index is -0.449. The van der Waals surface area contributed by atoms with Crippen LogP contribution in [-0.4, -0.2) is 18.9 Å². The molecule has 0 unspecified atom stereocenters. The highest BCUT2D eigenvalue weighted by atomic mass is 16.5. The number of benzene rings is 4. The number of allylic oxidation sites excluding steroid dienone is 1. The van der Waals surface area contributed by atoms with Gasteiger partial charge in [0.05, 0.1) is 12.7 Å². The molecule has 4 aromatic rings. The third-order valence-corrected chi connectivity index (χ3v) is 5.12. The average Bonchev–Trinajstić information content (AvgIpc) is 2.88. The van der Waals surface area contributed by atoms with Crippen LogP contribution in [0.1, 0.15) is 26.3 Å². The molecule has 0 saturated heterocycles. The highest BCUT2D eigenvalue weighted by Gasteiger charge is 2.09. The molecule has 0 aliphatic rings. The van der Waals surface area contributed by atoms with Crippen LogP contribution >= 0.6 is 0 Å². The number of hydrogen-bond donors (Lipinski definition) is 0. The molecular weight excluding hydrogens is 412 g/mol. The normalized spacial score (nSPS) is 10.7. The van der Waals surface area contributed by atoms with Crippen LogP contribution in [-0.2, 0) is 0 Å². The molecule has 0 radical (unpaired) electrons. The van der Waals surface area contributed by atoms with Gasteiger partial charge in [0, 0.05) is 5.56 Å². The van der Waals surface area contributed by atoms with Crippen molar-refractivity contribution >= 4 is 17.8 Å². The number of methoxy groups -OCH3 is 1. The average molecular weight is 434 g/mol. The van der Waals surface area contributed by atoms with Crippen LogP contribution in [0.3, 0.4) is 0 Å². The van der Waals surface area contributed by atoms with Crippen molar-refractivity contribution < 1.29 is 19.1 Å². The fourth-order valence-corrected chi connectivity index (χ4v) is 3.27. The summed E-state index contributed by atoms with van der Waals surface area (Å²) in [5, 5.41) is 0. The molecule has 0 atom stereocenters. The maximum atomic E-state index is 12.5. The van der Waals surface area contributed by atoms with Crippen LogP contribution in [0.15, 0.2) is 109 Å². The van der Waals surface area contributed by atoms with Gasteiger partial charge in [-0.2, -0.15) is 0 Å². The van der Waals surface area contributed by atoms with Crippen LogP contribution in [0.25, 0.3) is 17.2 Å². The van der Waals surface area contributed by atoms with Crippen LogP contribution in [0.5, 0.6) is 11.5 Å². The van der Waals surface area contributed by atoms with E-state index in [1.165, 1.54) is 6.08 Å². The summed E-state index contributed by atoms with van der Waals surface area (Å²) in [4.78, 5) is 24.8. The minimum Gasteiger partial charge on any atom is -0.497 e. The first-order valence-electron chi connectivity index (χ1n) is 10.5. The third kappa shape index (κ3) is 5.63. The fraction of sp³-hybridized carbons (Fsp3) is 0.0345. The molecule has 0 aromatic heterocycles. The van der Waals surface area contributed by atoms with E-state index in [1.54, 1.807) is 61.7 Å².